The van der Waals surface area contributed by atoms with Crippen molar-refractivity contribution in [3.05, 3.63) is 60.7 Å². The number of nitrogens with zero attached hydrogens (tertiary/aromatic N) is 3. The minimum Gasteiger partial charge on any atom is -0.399 e. The van der Waals surface area contributed by atoms with Crippen LogP contribution in [0, 0.1) is 5.82 Å². The SMILES string of the molecule is Nc1ccc(-n2cnc(-c3ccccc3F)n2)cc1. The Kier molecular flexibility index (Phi) is 2.72. The third kappa shape index (κ3) is 2.18. The largest absolute Gasteiger partial charge is 0.399 e. The zero-order chi connectivity index (χ0) is 13.2. The molecule has 0 spiro atoms. The summed E-state index contributed by atoms with van der Waals surface area (Å²) in [6.07, 6.45) is 1.55. The Bertz CT molecular complexity index is 703. The van der Waals surface area contributed by atoms with Crippen LogP contribution in [0.25, 0.3) is 17.1 Å². The topological polar surface area (TPSA) is 56.7 Å². The van der Waals surface area contributed by atoms with Gasteiger partial charge >= 0.3 is 0 Å². The maximum atomic E-state index is 13.6. The van der Waals surface area contributed by atoms with Gasteiger partial charge in [0.1, 0.15) is 12.1 Å². The number of benzene rings is 2. The zero-order valence-electron chi connectivity index (χ0n) is 9.99. The van der Waals surface area contributed by atoms with Gasteiger partial charge in [-0.1, -0.05) is 12.1 Å². The molecule has 0 saturated carbocycles. The highest BCUT2D eigenvalue weighted by molar-refractivity contribution is 5.55. The van der Waals surface area contributed by atoms with Crippen molar-refractivity contribution in [1.29, 1.82) is 0 Å². The molecule has 94 valence electrons. The summed E-state index contributed by atoms with van der Waals surface area (Å²) < 4.78 is 15.2. The average Bonchev–Trinajstić information content (AvgIpc) is 2.89. The lowest BCUT2D eigenvalue weighted by Gasteiger charge is -2.00. The van der Waals surface area contributed by atoms with Gasteiger partial charge < -0.3 is 5.73 Å². The summed E-state index contributed by atoms with van der Waals surface area (Å²) in [7, 11) is 0. The van der Waals surface area contributed by atoms with E-state index in [2.05, 4.69) is 10.1 Å². The van der Waals surface area contributed by atoms with Gasteiger partial charge in [-0.15, -0.1) is 5.10 Å². The summed E-state index contributed by atoms with van der Waals surface area (Å²) >= 11 is 0. The van der Waals surface area contributed by atoms with E-state index in [0.717, 1.165) is 5.69 Å². The molecule has 0 aliphatic carbocycles. The van der Waals surface area contributed by atoms with E-state index >= 15 is 0 Å². The summed E-state index contributed by atoms with van der Waals surface area (Å²) in [4.78, 5) is 4.13. The molecule has 19 heavy (non-hydrogen) atoms. The quantitative estimate of drug-likeness (QED) is 0.715. The highest BCUT2D eigenvalue weighted by Crippen LogP contribution is 2.19. The number of halogens is 1. The van der Waals surface area contributed by atoms with Crippen molar-refractivity contribution >= 4 is 5.69 Å². The minimum atomic E-state index is -0.336. The van der Waals surface area contributed by atoms with E-state index in [1.54, 1.807) is 41.3 Å². The van der Waals surface area contributed by atoms with E-state index in [-0.39, 0.29) is 5.82 Å². The van der Waals surface area contributed by atoms with Gasteiger partial charge in [0.25, 0.3) is 0 Å². The van der Waals surface area contributed by atoms with Crippen molar-refractivity contribution < 1.29 is 4.39 Å². The average molecular weight is 254 g/mol. The molecule has 4 nitrogen and oxygen atoms in total. The monoisotopic (exact) mass is 254 g/mol. The van der Waals surface area contributed by atoms with Crippen LogP contribution in [0.4, 0.5) is 10.1 Å². The summed E-state index contributed by atoms with van der Waals surface area (Å²) in [5, 5.41) is 4.27. The molecule has 0 bridgehead atoms. The van der Waals surface area contributed by atoms with Crippen LogP contribution < -0.4 is 5.73 Å². The number of anilines is 1. The number of rotatable bonds is 2. The van der Waals surface area contributed by atoms with Gasteiger partial charge in [-0.2, -0.15) is 0 Å². The number of hydrogen-bond acceptors (Lipinski definition) is 3. The Balaban J connectivity index is 2.00. The van der Waals surface area contributed by atoms with Crippen LogP contribution in [0.5, 0.6) is 0 Å². The Morgan fingerprint density at radius 1 is 1.00 bits per heavy atom. The molecule has 0 saturated heterocycles. The lowest BCUT2D eigenvalue weighted by atomic mass is 10.2. The van der Waals surface area contributed by atoms with Gasteiger partial charge in [0.05, 0.1) is 11.3 Å². The van der Waals surface area contributed by atoms with Crippen molar-refractivity contribution in [2.45, 2.75) is 0 Å². The van der Waals surface area contributed by atoms with Crippen LogP contribution in [0.3, 0.4) is 0 Å². The van der Waals surface area contributed by atoms with E-state index in [9.17, 15) is 4.39 Å². The highest BCUT2D eigenvalue weighted by atomic mass is 19.1. The van der Waals surface area contributed by atoms with Gasteiger partial charge in [-0.05, 0) is 36.4 Å². The molecule has 0 atom stereocenters. The summed E-state index contributed by atoms with van der Waals surface area (Å²) in [6, 6.07) is 13.6. The fourth-order valence-corrected chi connectivity index (χ4v) is 1.78. The van der Waals surface area contributed by atoms with Crippen molar-refractivity contribution in [2.75, 3.05) is 5.73 Å². The number of nitrogens with two attached hydrogens (primary N) is 1. The smallest absolute Gasteiger partial charge is 0.184 e. The minimum absolute atomic E-state index is 0.336. The summed E-state index contributed by atoms with van der Waals surface area (Å²) in [6.45, 7) is 0. The maximum absolute atomic E-state index is 13.6. The van der Waals surface area contributed by atoms with Gasteiger partial charge in [-0.3, -0.25) is 0 Å². The second-order valence-corrected chi connectivity index (χ2v) is 4.08. The third-order valence-corrected chi connectivity index (χ3v) is 2.76. The molecule has 5 heteroatoms. The molecule has 1 aromatic heterocycles. The molecule has 0 amide bonds. The molecule has 2 N–H and O–H groups in total. The number of hydrogen-bond donors (Lipinski definition) is 1. The lowest BCUT2D eigenvalue weighted by molar-refractivity contribution is 0.630. The van der Waals surface area contributed by atoms with Gasteiger partial charge in [0.2, 0.25) is 0 Å². The molecule has 0 aliphatic rings. The van der Waals surface area contributed by atoms with E-state index in [1.807, 2.05) is 12.1 Å². The molecule has 0 unspecified atom stereocenters. The van der Waals surface area contributed by atoms with Crippen molar-refractivity contribution in [1.82, 2.24) is 14.8 Å². The van der Waals surface area contributed by atoms with Crippen LogP contribution in [-0.4, -0.2) is 14.8 Å². The first-order chi connectivity index (χ1) is 9.24. The lowest BCUT2D eigenvalue weighted by Crippen LogP contribution is -1.95. The second-order valence-electron chi connectivity index (χ2n) is 4.08. The molecular formula is C14H11FN4. The first-order valence-electron chi connectivity index (χ1n) is 5.76. The van der Waals surface area contributed by atoms with E-state index in [4.69, 9.17) is 5.73 Å². The Labute approximate surface area is 109 Å². The van der Waals surface area contributed by atoms with Crippen molar-refractivity contribution in [3.8, 4) is 17.1 Å². The fourth-order valence-electron chi connectivity index (χ4n) is 1.78. The van der Waals surface area contributed by atoms with Crippen molar-refractivity contribution in [2.24, 2.45) is 0 Å². The normalized spacial score (nSPS) is 10.6. The fraction of sp³-hybridized carbons (Fsp3) is 0. The Hall–Kier alpha value is -2.69. The molecule has 3 rings (SSSR count). The molecule has 1 heterocycles. The molecular weight excluding hydrogens is 243 g/mol. The van der Waals surface area contributed by atoms with Crippen LogP contribution in [-0.2, 0) is 0 Å². The first-order valence-corrected chi connectivity index (χ1v) is 5.76. The first kappa shape index (κ1) is 11.4. The van der Waals surface area contributed by atoms with Crippen LogP contribution in [0.1, 0.15) is 0 Å². The predicted octanol–water partition coefficient (Wildman–Crippen LogP) is 2.66. The molecule has 2 aromatic carbocycles. The standard InChI is InChI=1S/C14H11FN4/c15-13-4-2-1-3-12(13)14-17-9-19(18-14)11-7-5-10(16)6-8-11/h1-9H,16H2. The summed E-state index contributed by atoms with van der Waals surface area (Å²) in [5.74, 6) is 0.0208. The molecule has 0 radical (unpaired) electrons. The van der Waals surface area contributed by atoms with Gasteiger partial charge in [-0.25, -0.2) is 14.1 Å². The number of aromatic nitrogens is 3. The van der Waals surface area contributed by atoms with Gasteiger partial charge in [0.15, 0.2) is 5.82 Å². The van der Waals surface area contributed by atoms with Crippen LogP contribution in [0.2, 0.25) is 0 Å². The Morgan fingerprint density at radius 3 is 2.47 bits per heavy atom. The summed E-state index contributed by atoms with van der Waals surface area (Å²) in [5.41, 5.74) is 7.51. The van der Waals surface area contributed by atoms with E-state index < -0.39 is 0 Å². The van der Waals surface area contributed by atoms with Crippen molar-refractivity contribution in [3.63, 3.8) is 0 Å². The maximum Gasteiger partial charge on any atom is 0.184 e. The van der Waals surface area contributed by atoms with Crippen LogP contribution >= 0.6 is 0 Å². The van der Waals surface area contributed by atoms with E-state index in [1.165, 1.54) is 6.07 Å². The molecule has 0 fully saturated rings. The van der Waals surface area contributed by atoms with Crippen LogP contribution in [0.15, 0.2) is 54.9 Å². The molecule has 0 aliphatic heterocycles. The third-order valence-electron chi connectivity index (χ3n) is 2.76. The zero-order valence-corrected chi connectivity index (χ0v) is 9.99. The highest BCUT2D eigenvalue weighted by Gasteiger charge is 2.09. The predicted molar refractivity (Wildman–Crippen MR) is 71.2 cm³/mol. The van der Waals surface area contributed by atoms with Gasteiger partial charge in [0, 0.05) is 5.69 Å². The van der Waals surface area contributed by atoms with E-state index in [0.29, 0.717) is 17.1 Å². The Morgan fingerprint density at radius 2 is 1.74 bits per heavy atom. The molecule has 3 aromatic rings. The number of nitrogen functional groups attached to an aromatic ring is 1. The second kappa shape index (κ2) is 4.53.